The van der Waals surface area contributed by atoms with E-state index in [1.54, 1.807) is 0 Å². The summed E-state index contributed by atoms with van der Waals surface area (Å²) in [6, 6.07) is 39.4. The van der Waals surface area contributed by atoms with Crippen molar-refractivity contribution in [2.24, 2.45) is 4.74 Å². The van der Waals surface area contributed by atoms with Crippen molar-refractivity contribution < 1.29 is 4.79 Å². The standard InChI is InChI=1S/C25H21N2OP/c28-25(26-21-13-5-1-6-14-21)27-29(22-15-7-2-8-16-22,23-17-9-3-10-18-23)24-19-11-4-12-20-24/h1-20H,(H,26,28). The third-order valence-corrected chi connectivity index (χ3v) is 8.27. The summed E-state index contributed by atoms with van der Waals surface area (Å²) in [4.78, 5) is 13.1. The van der Waals surface area contributed by atoms with Gasteiger partial charge in [-0.2, -0.15) is 4.74 Å². The van der Waals surface area contributed by atoms with Crippen molar-refractivity contribution in [1.82, 2.24) is 0 Å². The van der Waals surface area contributed by atoms with Crippen molar-refractivity contribution in [1.29, 1.82) is 0 Å². The lowest BCUT2D eigenvalue weighted by atomic mass is 10.3. The summed E-state index contributed by atoms with van der Waals surface area (Å²) in [5, 5.41) is 6.06. The van der Waals surface area contributed by atoms with Crippen LogP contribution in [0.2, 0.25) is 0 Å². The predicted octanol–water partition coefficient (Wildman–Crippen LogP) is 5.40. The summed E-state index contributed by atoms with van der Waals surface area (Å²) >= 11 is 0. The van der Waals surface area contributed by atoms with Crippen molar-refractivity contribution in [3.8, 4) is 0 Å². The maximum Gasteiger partial charge on any atom is 0.344 e. The van der Waals surface area contributed by atoms with Crippen LogP contribution in [-0.2, 0) is 0 Å². The molecule has 142 valence electrons. The summed E-state index contributed by atoms with van der Waals surface area (Å²) in [6.07, 6.45) is 0. The Kier molecular flexibility index (Phi) is 5.69. The molecule has 4 aromatic carbocycles. The van der Waals surface area contributed by atoms with Crippen molar-refractivity contribution in [2.75, 3.05) is 5.32 Å². The molecule has 0 aliphatic heterocycles. The molecule has 0 heterocycles. The number of carbonyl (C=O) groups excluding carboxylic acids is 1. The average molecular weight is 396 g/mol. The zero-order valence-corrected chi connectivity index (χ0v) is 16.7. The third kappa shape index (κ3) is 4.06. The number of nitrogens with zero attached hydrogens (tertiary/aromatic N) is 1. The smallest absolute Gasteiger partial charge is 0.306 e. The molecule has 0 atom stereocenters. The second-order valence-corrected chi connectivity index (χ2v) is 9.56. The summed E-state index contributed by atoms with van der Waals surface area (Å²) in [5.74, 6) is 0. The highest BCUT2D eigenvalue weighted by Crippen LogP contribution is 2.46. The first-order valence-electron chi connectivity index (χ1n) is 9.44. The average Bonchev–Trinajstić information content (AvgIpc) is 2.80. The molecular weight excluding hydrogens is 375 g/mol. The van der Waals surface area contributed by atoms with E-state index in [1.165, 1.54) is 0 Å². The summed E-state index contributed by atoms with van der Waals surface area (Å²) in [7, 11) is -2.53. The molecule has 0 saturated carbocycles. The molecule has 0 radical (unpaired) electrons. The third-order valence-electron chi connectivity index (χ3n) is 4.66. The van der Waals surface area contributed by atoms with Crippen molar-refractivity contribution in [3.05, 3.63) is 121 Å². The van der Waals surface area contributed by atoms with Crippen molar-refractivity contribution in [2.45, 2.75) is 0 Å². The lowest BCUT2D eigenvalue weighted by molar-refractivity contribution is 0.260. The maximum atomic E-state index is 13.1. The number of urea groups is 1. The van der Waals surface area contributed by atoms with Gasteiger partial charge in [-0.05, 0) is 12.1 Å². The van der Waals surface area contributed by atoms with Crippen LogP contribution in [0.4, 0.5) is 10.5 Å². The maximum absolute atomic E-state index is 13.1. The quantitative estimate of drug-likeness (QED) is 0.461. The van der Waals surface area contributed by atoms with Gasteiger partial charge in [-0.1, -0.05) is 109 Å². The van der Waals surface area contributed by atoms with Crippen LogP contribution in [0.1, 0.15) is 0 Å². The number of anilines is 1. The molecule has 0 aliphatic rings. The fourth-order valence-corrected chi connectivity index (χ4v) is 6.73. The second kappa shape index (κ2) is 8.72. The van der Waals surface area contributed by atoms with E-state index in [9.17, 15) is 4.79 Å². The Labute approximate surface area is 171 Å². The van der Waals surface area contributed by atoms with E-state index < -0.39 is 7.05 Å². The van der Waals surface area contributed by atoms with Crippen LogP contribution in [0.15, 0.2) is 126 Å². The first-order chi connectivity index (χ1) is 14.3. The molecule has 0 spiro atoms. The molecule has 3 nitrogen and oxygen atoms in total. The number of hydrogen-bond donors (Lipinski definition) is 1. The zero-order chi connectivity index (χ0) is 19.9. The molecule has 1 N–H and O–H groups in total. The largest absolute Gasteiger partial charge is 0.344 e. The molecule has 4 aromatic rings. The highest BCUT2D eigenvalue weighted by Gasteiger charge is 2.28. The molecule has 0 aliphatic carbocycles. The van der Waals surface area contributed by atoms with Gasteiger partial charge in [0.25, 0.3) is 0 Å². The molecule has 4 heteroatoms. The van der Waals surface area contributed by atoms with Gasteiger partial charge in [0.2, 0.25) is 0 Å². The van der Waals surface area contributed by atoms with E-state index in [2.05, 4.69) is 41.7 Å². The van der Waals surface area contributed by atoms with Crippen LogP contribution < -0.4 is 21.2 Å². The van der Waals surface area contributed by atoms with E-state index in [-0.39, 0.29) is 6.03 Å². The number of para-hydroxylation sites is 1. The Balaban J connectivity index is 1.96. The van der Waals surface area contributed by atoms with E-state index in [4.69, 9.17) is 4.74 Å². The SMILES string of the molecule is O=C(N=P(c1ccccc1)(c1ccccc1)c1ccccc1)Nc1ccccc1. The summed E-state index contributed by atoms with van der Waals surface area (Å²) in [5.41, 5.74) is 0.730. The lowest BCUT2D eigenvalue weighted by Gasteiger charge is -2.26. The van der Waals surface area contributed by atoms with Gasteiger partial charge in [-0.15, -0.1) is 0 Å². The monoisotopic (exact) mass is 396 g/mol. The topological polar surface area (TPSA) is 41.5 Å². The molecule has 0 bridgehead atoms. The second-order valence-electron chi connectivity index (χ2n) is 6.54. The predicted molar refractivity (Wildman–Crippen MR) is 123 cm³/mol. The number of amides is 2. The highest BCUT2D eigenvalue weighted by atomic mass is 31.2. The van der Waals surface area contributed by atoms with Gasteiger partial charge in [0.1, 0.15) is 0 Å². The Hall–Kier alpha value is -3.42. The molecule has 29 heavy (non-hydrogen) atoms. The highest BCUT2D eigenvalue weighted by molar-refractivity contribution is 7.87. The number of carbonyl (C=O) groups is 1. The van der Waals surface area contributed by atoms with E-state index in [0.29, 0.717) is 0 Å². The van der Waals surface area contributed by atoms with Crippen molar-refractivity contribution in [3.63, 3.8) is 0 Å². The number of rotatable bonds is 4. The van der Waals surface area contributed by atoms with Gasteiger partial charge < -0.3 is 5.32 Å². The van der Waals surface area contributed by atoms with Gasteiger partial charge in [-0.3, -0.25) is 0 Å². The minimum Gasteiger partial charge on any atom is -0.306 e. The Bertz CT molecular complexity index is 1030. The minimum absolute atomic E-state index is 0.346. The van der Waals surface area contributed by atoms with Crippen LogP contribution in [0, 0.1) is 0 Å². The van der Waals surface area contributed by atoms with Crippen LogP contribution in [-0.4, -0.2) is 6.03 Å². The Morgan fingerprint density at radius 3 is 1.28 bits per heavy atom. The normalized spacial score (nSPS) is 10.9. The molecule has 4 rings (SSSR count). The van der Waals surface area contributed by atoms with Crippen LogP contribution >= 0.6 is 7.05 Å². The molecule has 0 fully saturated rings. The number of hydrogen-bond acceptors (Lipinski definition) is 1. The van der Waals surface area contributed by atoms with E-state index >= 15 is 0 Å². The fourth-order valence-electron chi connectivity index (χ4n) is 3.36. The first-order valence-corrected chi connectivity index (χ1v) is 11.2. The van der Waals surface area contributed by atoms with Crippen LogP contribution in [0.3, 0.4) is 0 Å². The van der Waals surface area contributed by atoms with E-state index in [1.807, 2.05) is 84.9 Å². The fraction of sp³-hybridized carbons (Fsp3) is 0. The number of nitrogens with one attached hydrogen (secondary N) is 1. The van der Waals surface area contributed by atoms with Gasteiger partial charge in [0, 0.05) is 21.6 Å². The summed E-state index contributed by atoms with van der Waals surface area (Å²) < 4.78 is 4.88. The molecule has 0 aromatic heterocycles. The molecule has 2 amide bonds. The first kappa shape index (κ1) is 18.9. The lowest BCUT2D eigenvalue weighted by Crippen LogP contribution is -2.26. The van der Waals surface area contributed by atoms with Crippen LogP contribution in [0.25, 0.3) is 0 Å². The van der Waals surface area contributed by atoms with Gasteiger partial charge in [0.15, 0.2) is 0 Å². The minimum atomic E-state index is -2.53. The Morgan fingerprint density at radius 2 is 0.897 bits per heavy atom. The Morgan fingerprint density at radius 1 is 0.552 bits per heavy atom. The van der Waals surface area contributed by atoms with Gasteiger partial charge in [0.05, 0.1) is 7.05 Å². The van der Waals surface area contributed by atoms with Crippen molar-refractivity contribution >= 4 is 34.7 Å². The van der Waals surface area contributed by atoms with E-state index in [0.717, 1.165) is 21.6 Å². The molecule has 0 unspecified atom stereocenters. The molecule has 0 saturated heterocycles. The molecular formula is C25H21N2OP. The number of benzene rings is 4. The summed E-state index contributed by atoms with van der Waals surface area (Å²) in [6.45, 7) is 0. The van der Waals surface area contributed by atoms with Gasteiger partial charge in [-0.25, -0.2) is 4.79 Å². The zero-order valence-electron chi connectivity index (χ0n) is 15.8. The van der Waals surface area contributed by atoms with Crippen LogP contribution in [0.5, 0.6) is 0 Å². The van der Waals surface area contributed by atoms with Gasteiger partial charge >= 0.3 is 6.03 Å².